The molecule has 0 fully saturated rings. The van der Waals surface area contributed by atoms with Gasteiger partial charge in [0.1, 0.15) is 17.7 Å². The van der Waals surface area contributed by atoms with Crippen molar-refractivity contribution in [3.05, 3.63) is 47.5 Å². The molecule has 1 aromatic carbocycles. The second-order valence-corrected chi connectivity index (χ2v) is 10.1. The predicted octanol–water partition coefficient (Wildman–Crippen LogP) is 4.43. The molecule has 0 aliphatic heterocycles. The Morgan fingerprint density at radius 1 is 1.03 bits per heavy atom. The lowest BCUT2D eigenvalue weighted by atomic mass is 9.96. The first-order valence-corrected chi connectivity index (χ1v) is 11.5. The van der Waals surface area contributed by atoms with Crippen LogP contribution in [0.5, 0.6) is 0 Å². The molecular formula is C26H41N3O4. The lowest BCUT2D eigenvalue weighted by Gasteiger charge is -2.35. The molecule has 0 aliphatic rings. The molecule has 0 saturated heterocycles. The van der Waals surface area contributed by atoms with Gasteiger partial charge in [0.15, 0.2) is 0 Å². The molecule has 0 radical (unpaired) electrons. The molecule has 0 aromatic heterocycles. The van der Waals surface area contributed by atoms with E-state index in [1.807, 2.05) is 59.7 Å². The van der Waals surface area contributed by atoms with Crippen molar-refractivity contribution in [2.24, 2.45) is 5.92 Å². The van der Waals surface area contributed by atoms with Crippen molar-refractivity contribution in [2.45, 2.75) is 86.0 Å². The van der Waals surface area contributed by atoms with E-state index in [1.165, 1.54) is 4.90 Å². The summed E-state index contributed by atoms with van der Waals surface area (Å²) in [5.41, 5.74) is 1.99. The molecule has 2 atom stereocenters. The zero-order valence-corrected chi connectivity index (χ0v) is 21.6. The van der Waals surface area contributed by atoms with E-state index < -0.39 is 23.8 Å². The Morgan fingerprint density at radius 3 is 2.00 bits per heavy atom. The molecule has 7 nitrogen and oxygen atoms in total. The Labute approximate surface area is 198 Å². The summed E-state index contributed by atoms with van der Waals surface area (Å²) in [5.74, 6) is -0.894. The summed E-state index contributed by atoms with van der Waals surface area (Å²) >= 11 is 0. The summed E-state index contributed by atoms with van der Waals surface area (Å²) in [6.07, 6.45) is 0.906. The minimum Gasteiger partial charge on any atom is -0.444 e. The fraction of sp³-hybridized carbons (Fsp3) is 0.577. The summed E-state index contributed by atoms with van der Waals surface area (Å²) in [6, 6.07) is 3.98. The van der Waals surface area contributed by atoms with Crippen molar-refractivity contribution in [3.63, 3.8) is 0 Å². The molecule has 1 rings (SSSR count). The number of amides is 3. The van der Waals surface area contributed by atoms with Gasteiger partial charge < -0.3 is 20.3 Å². The minimum atomic E-state index is -0.877. The number of ether oxygens (including phenoxy) is 1. The average Bonchev–Trinajstić information content (AvgIpc) is 2.62. The van der Waals surface area contributed by atoms with Gasteiger partial charge in [0, 0.05) is 12.6 Å². The third-order valence-corrected chi connectivity index (χ3v) is 4.76. The fourth-order valence-corrected chi connectivity index (χ4v) is 3.59. The van der Waals surface area contributed by atoms with Crippen LogP contribution in [0.25, 0.3) is 0 Å². The highest BCUT2D eigenvalue weighted by Crippen LogP contribution is 2.26. The Bertz CT molecular complexity index is 835. The zero-order valence-electron chi connectivity index (χ0n) is 21.6. The molecule has 1 aromatic rings. The number of nitrogens with one attached hydrogen (secondary N) is 2. The van der Waals surface area contributed by atoms with Gasteiger partial charge in [0.25, 0.3) is 0 Å². The molecule has 0 aliphatic carbocycles. The number of alkyl carbamates (subject to hydrolysis) is 1. The van der Waals surface area contributed by atoms with Crippen LogP contribution in [0.2, 0.25) is 0 Å². The number of carbonyl (C=O) groups is 3. The average molecular weight is 460 g/mol. The van der Waals surface area contributed by atoms with Crippen molar-refractivity contribution in [1.29, 1.82) is 0 Å². The van der Waals surface area contributed by atoms with Gasteiger partial charge in [-0.2, -0.15) is 0 Å². The van der Waals surface area contributed by atoms with Crippen molar-refractivity contribution < 1.29 is 19.1 Å². The number of rotatable bonds is 9. The molecule has 33 heavy (non-hydrogen) atoms. The third-order valence-electron chi connectivity index (χ3n) is 4.76. The smallest absolute Gasteiger partial charge is 0.408 e. The molecule has 0 bridgehead atoms. The van der Waals surface area contributed by atoms with Crippen LogP contribution in [0.3, 0.4) is 0 Å². The first kappa shape index (κ1) is 28.2. The first-order chi connectivity index (χ1) is 15.2. The SMILES string of the molecule is C=CCN(C(=O)C(NC(=O)OC(C)(C)C)C(C)C)C(C(=O)NC(C)C)c1cc(C)cc(C)c1. The van der Waals surface area contributed by atoms with E-state index in [9.17, 15) is 14.4 Å². The van der Waals surface area contributed by atoms with Crippen molar-refractivity contribution in [2.75, 3.05) is 6.54 Å². The van der Waals surface area contributed by atoms with Gasteiger partial charge in [-0.05, 0) is 59.9 Å². The normalized spacial score (nSPS) is 13.3. The van der Waals surface area contributed by atoms with Crippen LogP contribution >= 0.6 is 0 Å². The molecule has 0 heterocycles. The summed E-state index contributed by atoms with van der Waals surface area (Å²) in [7, 11) is 0. The number of aryl methyl sites for hydroxylation is 2. The van der Waals surface area contributed by atoms with Crippen LogP contribution in [0.15, 0.2) is 30.9 Å². The van der Waals surface area contributed by atoms with Crippen LogP contribution in [0, 0.1) is 19.8 Å². The van der Waals surface area contributed by atoms with Gasteiger partial charge in [-0.1, -0.05) is 49.2 Å². The predicted molar refractivity (Wildman–Crippen MR) is 132 cm³/mol. The quantitative estimate of drug-likeness (QED) is 0.535. The van der Waals surface area contributed by atoms with Gasteiger partial charge in [0.2, 0.25) is 11.8 Å². The van der Waals surface area contributed by atoms with Gasteiger partial charge in [0.05, 0.1) is 0 Å². The van der Waals surface area contributed by atoms with Crippen LogP contribution in [0.1, 0.15) is 71.2 Å². The lowest BCUT2D eigenvalue weighted by molar-refractivity contribution is -0.142. The Morgan fingerprint density at radius 2 is 1.58 bits per heavy atom. The Kier molecular flexibility index (Phi) is 10.1. The maximum absolute atomic E-state index is 13.8. The maximum atomic E-state index is 13.8. The van der Waals surface area contributed by atoms with E-state index in [1.54, 1.807) is 26.8 Å². The van der Waals surface area contributed by atoms with Gasteiger partial charge >= 0.3 is 6.09 Å². The van der Waals surface area contributed by atoms with Crippen molar-refractivity contribution in [1.82, 2.24) is 15.5 Å². The molecule has 2 N–H and O–H groups in total. The van der Waals surface area contributed by atoms with Crippen LogP contribution < -0.4 is 10.6 Å². The van der Waals surface area contributed by atoms with Crippen LogP contribution in [-0.4, -0.2) is 47.0 Å². The van der Waals surface area contributed by atoms with Gasteiger partial charge in [-0.3, -0.25) is 9.59 Å². The largest absolute Gasteiger partial charge is 0.444 e. The molecule has 0 spiro atoms. The Hall–Kier alpha value is -2.83. The summed E-state index contributed by atoms with van der Waals surface area (Å²) < 4.78 is 5.36. The molecular weight excluding hydrogens is 418 g/mol. The molecule has 7 heteroatoms. The van der Waals surface area contributed by atoms with E-state index in [2.05, 4.69) is 17.2 Å². The van der Waals surface area contributed by atoms with Crippen molar-refractivity contribution >= 4 is 17.9 Å². The monoisotopic (exact) mass is 459 g/mol. The second kappa shape index (κ2) is 11.9. The number of carbonyl (C=O) groups excluding carboxylic acids is 3. The number of hydrogen-bond donors (Lipinski definition) is 2. The summed E-state index contributed by atoms with van der Waals surface area (Å²) in [5, 5.41) is 5.64. The minimum absolute atomic E-state index is 0.104. The molecule has 0 saturated carbocycles. The third kappa shape index (κ3) is 8.91. The molecule has 2 unspecified atom stereocenters. The highest BCUT2D eigenvalue weighted by Gasteiger charge is 2.37. The van der Waals surface area contributed by atoms with E-state index >= 15 is 0 Å². The van der Waals surface area contributed by atoms with Crippen molar-refractivity contribution in [3.8, 4) is 0 Å². The standard InChI is InChI=1S/C26H41N3O4/c1-11-12-29(24(31)21(16(2)3)28-25(32)33-26(8,9)10)22(23(30)27-17(4)5)20-14-18(6)13-19(7)15-20/h11,13-17,21-22H,1,12H2,2-10H3,(H,27,30)(H,28,32). The van der Waals surface area contributed by atoms with Gasteiger partial charge in [-0.25, -0.2) is 4.79 Å². The first-order valence-electron chi connectivity index (χ1n) is 11.5. The Balaban J connectivity index is 3.47. The molecule has 184 valence electrons. The second-order valence-electron chi connectivity index (χ2n) is 10.1. The number of benzene rings is 1. The highest BCUT2D eigenvalue weighted by atomic mass is 16.6. The highest BCUT2D eigenvalue weighted by molar-refractivity contribution is 5.92. The summed E-state index contributed by atoms with van der Waals surface area (Å²) in [6.45, 7) is 20.5. The number of hydrogen-bond acceptors (Lipinski definition) is 4. The number of nitrogens with zero attached hydrogens (tertiary/aromatic N) is 1. The lowest BCUT2D eigenvalue weighted by Crippen LogP contribution is -2.55. The van der Waals surface area contributed by atoms with Crippen LogP contribution in [-0.2, 0) is 14.3 Å². The molecule has 3 amide bonds. The van der Waals surface area contributed by atoms with E-state index in [-0.39, 0.29) is 30.3 Å². The van der Waals surface area contributed by atoms with E-state index in [0.717, 1.165) is 11.1 Å². The zero-order chi connectivity index (χ0) is 25.5. The van der Waals surface area contributed by atoms with E-state index in [4.69, 9.17) is 4.74 Å². The fourth-order valence-electron chi connectivity index (χ4n) is 3.59. The topological polar surface area (TPSA) is 87.7 Å². The summed E-state index contributed by atoms with van der Waals surface area (Å²) in [4.78, 5) is 41.1. The maximum Gasteiger partial charge on any atom is 0.408 e. The van der Waals surface area contributed by atoms with Crippen LogP contribution in [0.4, 0.5) is 4.79 Å². The van der Waals surface area contributed by atoms with Gasteiger partial charge in [-0.15, -0.1) is 6.58 Å². The van der Waals surface area contributed by atoms with E-state index in [0.29, 0.717) is 5.56 Å².